The molecule has 0 aromatic carbocycles. The zero-order valence-electron chi connectivity index (χ0n) is 8.53. The summed E-state index contributed by atoms with van der Waals surface area (Å²) in [5.74, 6) is 0.0757. The Morgan fingerprint density at radius 3 is 2.72 bits per heavy atom. The minimum atomic E-state index is -0.487. The van der Waals surface area contributed by atoms with Crippen LogP contribution in [0.25, 0.3) is 0 Å². The van der Waals surface area contributed by atoms with Gasteiger partial charge in [0.05, 0.1) is 4.88 Å². The van der Waals surface area contributed by atoms with Crippen LogP contribution in [0, 0.1) is 4.77 Å². The van der Waals surface area contributed by atoms with Crippen molar-refractivity contribution in [3.63, 3.8) is 0 Å². The topological polar surface area (TPSA) is 99.9 Å². The van der Waals surface area contributed by atoms with Crippen molar-refractivity contribution < 1.29 is 0 Å². The molecule has 0 atom stereocenters. The quantitative estimate of drug-likeness (QED) is 0.584. The minimum absolute atomic E-state index is 0.0178. The number of hydrogen-bond acceptors (Lipinski definition) is 6. The molecule has 6 nitrogen and oxygen atoms in total. The van der Waals surface area contributed by atoms with E-state index in [0.717, 1.165) is 11.3 Å². The van der Waals surface area contributed by atoms with E-state index >= 15 is 0 Å². The van der Waals surface area contributed by atoms with E-state index in [1.165, 1.54) is 6.21 Å². The first-order chi connectivity index (χ1) is 8.47. The second-order valence-electron chi connectivity index (χ2n) is 3.05. The van der Waals surface area contributed by atoms with E-state index in [2.05, 4.69) is 19.9 Å². The number of aromatic nitrogens is 3. The molecule has 0 radical (unpaired) electrons. The molecule has 0 aliphatic heterocycles. The maximum atomic E-state index is 11.6. The number of nitrogens with two attached hydrogens (primary N) is 1. The second kappa shape index (κ2) is 5.19. The Morgan fingerprint density at radius 1 is 1.44 bits per heavy atom. The molecule has 0 unspecified atom stereocenters. The molecule has 0 aliphatic rings. The van der Waals surface area contributed by atoms with Gasteiger partial charge in [-0.2, -0.15) is 0 Å². The fourth-order valence-corrected chi connectivity index (χ4v) is 2.55. The van der Waals surface area contributed by atoms with Crippen LogP contribution in [-0.2, 0) is 0 Å². The van der Waals surface area contributed by atoms with E-state index in [9.17, 15) is 4.79 Å². The molecule has 0 fully saturated rings. The zero-order chi connectivity index (χ0) is 13.3. The van der Waals surface area contributed by atoms with Crippen LogP contribution in [0.4, 0.5) is 11.5 Å². The Kier molecular flexibility index (Phi) is 3.81. The summed E-state index contributed by atoms with van der Waals surface area (Å²) in [5.41, 5.74) is 5.13. The maximum absolute atomic E-state index is 11.6. The molecule has 18 heavy (non-hydrogen) atoms. The standard InChI is InChI=1S/C8H5Cl2N5OS2/c9-4-2(18-7(10)13-4)1-12-3-5(11)14-8(17)15-6(3)16/h1H,(H4,11,14,15,16,17). The van der Waals surface area contributed by atoms with Crippen LogP contribution in [-0.4, -0.2) is 21.2 Å². The highest BCUT2D eigenvalue weighted by Crippen LogP contribution is 2.25. The fourth-order valence-electron chi connectivity index (χ4n) is 1.12. The summed E-state index contributed by atoms with van der Waals surface area (Å²) < 4.78 is 0.422. The van der Waals surface area contributed by atoms with Crippen molar-refractivity contribution in [1.29, 1.82) is 0 Å². The maximum Gasteiger partial charge on any atom is 0.279 e. The Balaban J connectivity index is 2.44. The van der Waals surface area contributed by atoms with Crippen LogP contribution in [0.1, 0.15) is 4.88 Å². The number of thiazole rings is 1. The van der Waals surface area contributed by atoms with Crippen LogP contribution in [0.2, 0.25) is 9.62 Å². The van der Waals surface area contributed by atoms with Crippen molar-refractivity contribution in [3.05, 3.63) is 29.6 Å². The first kappa shape index (κ1) is 13.2. The summed E-state index contributed by atoms with van der Waals surface area (Å²) in [5, 5.41) is 0.215. The van der Waals surface area contributed by atoms with Crippen molar-refractivity contribution in [2.45, 2.75) is 0 Å². The lowest BCUT2D eigenvalue weighted by atomic mass is 10.5. The molecule has 10 heteroatoms. The lowest BCUT2D eigenvalue weighted by Crippen LogP contribution is -2.10. The van der Waals surface area contributed by atoms with Gasteiger partial charge in [0.15, 0.2) is 20.1 Å². The Morgan fingerprint density at radius 2 is 2.17 bits per heavy atom. The molecule has 94 valence electrons. The molecule has 2 heterocycles. The van der Waals surface area contributed by atoms with Gasteiger partial charge < -0.3 is 10.7 Å². The number of anilines is 1. The number of hydrogen-bond donors (Lipinski definition) is 3. The van der Waals surface area contributed by atoms with E-state index in [4.69, 9.17) is 41.2 Å². The van der Waals surface area contributed by atoms with E-state index in [0.29, 0.717) is 4.88 Å². The number of H-pyrrole nitrogens is 2. The number of aliphatic imine (C=N–C) groups is 1. The molecule has 0 bridgehead atoms. The first-order valence-electron chi connectivity index (χ1n) is 4.45. The van der Waals surface area contributed by atoms with Gasteiger partial charge in [0.25, 0.3) is 5.56 Å². The van der Waals surface area contributed by atoms with E-state index < -0.39 is 5.56 Å². The number of nitrogens with one attached hydrogen (secondary N) is 2. The monoisotopic (exact) mass is 321 g/mol. The van der Waals surface area contributed by atoms with Gasteiger partial charge in [0.2, 0.25) is 0 Å². The smallest absolute Gasteiger partial charge is 0.279 e. The average molecular weight is 322 g/mol. The molecule has 0 saturated heterocycles. The van der Waals surface area contributed by atoms with Gasteiger partial charge in [-0.3, -0.25) is 9.78 Å². The zero-order valence-corrected chi connectivity index (χ0v) is 11.7. The molecular weight excluding hydrogens is 317 g/mol. The molecule has 2 aromatic rings. The number of rotatable bonds is 2. The van der Waals surface area contributed by atoms with E-state index in [1.54, 1.807) is 0 Å². The van der Waals surface area contributed by atoms with Gasteiger partial charge in [-0.1, -0.05) is 34.5 Å². The highest BCUT2D eigenvalue weighted by molar-refractivity contribution is 7.71. The molecule has 2 aromatic heterocycles. The second-order valence-corrected chi connectivity index (χ2v) is 5.43. The molecule has 4 N–H and O–H groups in total. The average Bonchev–Trinajstić information content (AvgIpc) is 2.55. The van der Waals surface area contributed by atoms with Gasteiger partial charge in [0, 0.05) is 6.21 Å². The van der Waals surface area contributed by atoms with E-state index in [-0.39, 0.29) is 25.9 Å². The van der Waals surface area contributed by atoms with Crippen LogP contribution in [0.15, 0.2) is 9.79 Å². The van der Waals surface area contributed by atoms with Gasteiger partial charge in [0.1, 0.15) is 5.82 Å². The predicted molar refractivity (Wildman–Crippen MR) is 76.0 cm³/mol. The SMILES string of the molecule is Nc1[nH]c(=S)[nH]c(=O)c1N=Cc1sc(Cl)nc1Cl. The fraction of sp³-hybridized carbons (Fsp3) is 0. The van der Waals surface area contributed by atoms with Crippen molar-refractivity contribution in [2.24, 2.45) is 4.99 Å². The summed E-state index contributed by atoms with van der Waals surface area (Å²) >= 11 is 17.4. The molecule has 0 aliphatic carbocycles. The molecule has 0 spiro atoms. The van der Waals surface area contributed by atoms with Crippen molar-refractivity contribution >= 4 is 64.5 Å². The largest absolute Gasteiger partial charge is 0.383 e. The summed E-state index contributed by atoms with van der Waals surface area (Å²) in [6.45, 7) is 0. The highest BCUT2D eigenvalue weighted by atomic mass is 35.5. The van der Waals surface area contributed by atoms with Gasteiger partial charge in [-0.15, -0.1) is 0 Å². The first-order valence-corrected chi connectivity index (χ1v) is 6.43. The summed E-state index contributed by atoms with van der Waals surface area (Å²) in [6, 6.07) is 0. The minimum Gasteiger partial charge on any atom is -0.383 e. The molecule has 0 amide bonds. The van der Waals surface area contributed by atoms with Gasteiger partial charge in [-0.25, -0.2) is 9.98 Å². The number of nitrogens with zero attached hydrogens (tertiary/aromatic N) is 2. The Labute approximate surface area is 120 Å². The molecule has 0 saturated carbocycles. The van der Waals surface area contributed by atoms with Crippen molar-refractivity contribution in [3.8, 4) is 0 Å². The Bertz CT molecular complexity index is 732. The number of halogens is 2. The molecule has 2 rings (SSSR count). The molecular formula is C8H5Cl2N5OS2. The third-order valence-corrected chi connectivity index (χ3v) is 3.54. The number of aromatic amines is 2. The summed E-state index contributed by atoms with van der Waals surface area (Å²) in [7, 11) is 0. The number of nitrogen functional groups attached to an aromatic ring is 1. The van der Waals surface area contributed by atoms with E-state index in [1.807, 2.05) is 0 Å². The Hall–Kier alpha value is -1.22. The van der Waals surface area contributed by atoms with Gasteiger partial charge >= 0.3 is 0 Å². The van der Waals surface area contributed by atoms with Crippen molar-refractivity contribution in [1.82, 2.24) is 15.0 Å². The lowest BCUT2D eigenvalue weighted by Gasteiger charge is -1.97. The van der Waals surface area contributed by atoms with Crippen molar-refractivity contribution in [2.75, 3.05) is 5.73 Å². The van der Waals surface area contributed by atoms with Crippen LogP contribution < -0.4 is 11.3 Å². The predicted octanol–water partition coefficient (Wildman–Crippen LogP) is 2.53. The van der Waals surface area contributed by atoms with Crippen LogP contribution in [0.3, 0.4) is 0 Å². The summed E-state index contributed by atoms with van der Waals surface area (Å²) in [4.78, 5) is 24.8. The lowest BCUT2D eigenvalue weighted by molar-refractivity contribution is 1.09. The van der Waals surface area contributed by atoms with Gasteiger partial charge in [-0.05, 0) is 12.2 Å². The third kappa shape index (κ3) is 2.78. The normalized spacial score (nSPS) is 11.2. The highest BCUT2D eigenvalue weighted by Gasteiger charge is 2.07. The third-order valence-electron chi connectivity index (χ3n) is 1.84. The van der Waals surface area contributed by atoms with Crippen LogP contribution >= 0.6 is 46.8 Å². The summed E-state index contributed by atoms with van der Waals surface area (Å²) in [6.07, 6.45) is 1.36. The van der Waals surface area contributed by atoms with Crippen LogP contribution in [0.5, 0.6) is 0 Å².